The highest BCUT2D eigenvalue weighted by Gasteiger charge is 2.32. The first-order valence-electron chi connectivity index (χ1n) is 8.77. The number of anilines is 1. The summed E-state index contributed by atoms with van der Waals surface area (Å²) in [6, 6.07) is 11.9. The van der Waals surface area contributed by atoms with Gasteiger partial charge in [0.1, 0.15) is 12.4 Å². The van der Waals surface area contributed by atoms with Gasteiger partial charge in [-0.3, -0.25) is 9.79 Å². The number of piperidine rings is 1. The molecule has 4 rings (SSSR count). The normalized spacial score (nSPS) is 18.3. The van der Waals surface area contributed by atoms with E-state index in [1.165, 1.54) is 12.1 Å². The summed E-state index contributed by atoms with van der Waals surface area (Å²) in [5.74, 6) is -0.421. The Bertz CT molecular complexity index is 877. The van der Waals surface area contributed by atoms with Gasteiger partial charge < -0.3 is 10.2 Å². The van der Waals surface area contributed by atoms with Crippen molar-refractivity contribution in [3.63, 3.8) is 0 Å². The van der Waals surface area contributed by atoms with E-state index in [1.807, 2.05) is 23.1 Å². The largest absolute Gasteiger partial charge is 0.317 e. The van der Waals surface area contributed by atoms with Crippen LogP contribution >= 0.6 is 11.6 Å². The molecule has 0 radical (unpaired) electrons. The van der Waals surface area contributed by atoms with Gasteiger partial charge in [0.15, 0.2) is 0 Å². The lowest BCUT2D eigenvalue weighted by Crippen LogP contribution is -2.47. The molecule has 2 aromatic rings. The summed E-state index contributed by atoms with van der Waals surface area (Å²) in [4.78, 5) is 19.2. The minimum atomic E-state index is -0.358. The Hall–Kier alpha value is -2.24. The molecule has 0 saturated carbocycles. The fourth-order valence-corrected chi connectivity index (χ4v) is 3.92. The number of aliphatic imine (C=N–C) groups is 1. The minimum absolute atomic E-state index is 0.0286. The summed E-state index contributed by atoms with van der Waals surface area (Å²) in [6.07, 6.45) is 1.73. The third-order valence-corrected chi connectivity index (χ3v) is 5.25. The second-order valence-corrected chi connectivity index (χ2v) is 6.96. The number of benzene rings is 2. The lowest BCUT2D eigenvalue weighted by molar-refractivity contribution is -0.117. The van der Waals surface area contributed by atoms with Crippen molar-refractivity contribution < 1.29 is 9.18 Å². The molecule has 6 heteroatoms. The molecule has 0 aromatic heterocycles. The summed E-state index contributed by atoms with van der Waals surface area (Å²) >= 11 is 6.36. The van der Waals surface area contributed by atoms with E-state index in [9.17, 15) is 9.18 Å². The van der Waals surface area contributed by atoms with Crippen LogP contribution in [0.15, 0.2) is 47.5 Å². The van der Waals surface area contributed by atoms with Gasteiger partial charge in [0.25, 0.3) is 0 Å². The van der Waals surface area contributed by atoms with Gasteiger partial charge in [-0.15, -0.1) is 0 Å². The Morgan fingerprint density at radius 2 is 1.88 bits per heavy atom. The number of carbonyl (C=O) groups excluding carboxylic acids is 1. The van der Waals surface area contributed by atoms with Crippen molar-refractivity contribution >= 4 is 28.9 Å². The van der Waals surface area contributed by atoms with E-state index in [1.54, 1.807) is 12.1 Å². The number of amides is 1. The molecular weight excluding hydrogens is 353 g/mol. The number of carbonyl (C=O) groups is 1. The summed E-state index contributed by atoms with van der Waals surface area (Å²) in [7, 11) is 0. The number of fused-ring (bicyclic) bond motifs is 1. The summed E-state index contributed by atoms with van der Waals surface area (Å²) < 4.78 is 14.1. The average Bonchev–Trinajstić information content (AvgIpc) is 2.79. The highest BCUT2D eigenvalue weighted by molar-refractivity contribution is 6.36. The van der Waals surface area contributed by atoms with Crippen molar-refractivity contribution in [2.24, 2.45) is 4.99 Å². The molecular formula is C20H19ClFN3O. The second-order valence-electron chi connectivity index (χ2n) is 6.55. The van der Waals surface area contributed by atoms with Gasteiger partial charge in [-0.1, -0.05) is 29.8 Å². The highest BCUT2D eigenvalue weighted by atomic mass is 35.5. The maximum absolute atomic E-state index is 14.1. The molecule has 1 N–H and O–H groups in total. The van der Waals surface area contributed by atoms with Crippen LogP contribution in [-0.4, -0.2) is 37.3 Å². The molecule has 2 aliphatic rings. The van der Waals surface area contributed by atoms with Crippen molar-refractivity contribution in [2.45, 2.75) is 18.9 Å². The molecule has 1 amide bonds. The number of nitrogens with zero attached hydrogens (tertiary/aromatic N) is 2. The molecule has 0 bridgehead atoms. The van der Waals surface area contributed by atoms with Crippen molar-refractivity contribution in [1.82, 2.24) is 5.32 Å². The molecule has 2 aliphatic heterocycles. The smallest absolute Gasteiger partial charge is 0.248 e. The van der Waals surface area contributed by atoms with E-state index in [0.717, 1.165) is 25.9 Å². The monoisotopic (exact) mass is 371 g/mol. The first-order chi connectivity index (χ1) is 12.6. The standard InChI is InChI=1S/C20H19ClFN3O/c21-17-4-2-1-3-15(17)20-16-11-13(22)5-6-18(16)25(19(26)12-24-20)14-7-9-23-10-8-14/h1-6,11,14,23H,7-10,12H2. The van der Waals surface area contributed by atoms with Crippen LogP contribution in [0.2, 0.25) is 5.02 Å². The Morgan fingerprint density at radius 3 is 2.65 bits per heavy atom. The SMILES string of the molecule is O=C1CN=C(c2ccccc2Cl)c2cc(F)ccc2N1C1CCNCC1. The van der Waals surface area contributed by atoms with Gasteiger partial charge in [0.2, 0.25) is 5.91 Å². The van der Waals surface area contributed by atoms with Gasteiger partial charge in [-0.05, 0) is 50.2 Å². The zero-order valence-electron chi connectivity index (χ0n) is 14.2. The minimum Gasteiger partial charge on any atom is -0.317 e. The summed E-state index contributed by atoms with van der Waals surface area (Å²) in [6.45, 7) is 1.76. The number of hydrogen-bond acceptors (Lipinski definition) is 3. The zero-order chi connectivity index (χ0) is 18.1. The molecule has 0 spiro atoms. The van der Waals surface area contributed by atoms with Crippen LogP contribution in [-0.2, 0) is 4.79 Å². The maximum Gasteiger partial charge on any atom is 0.248 e. The average molecular weight is 372 g/mol. The number of rotatable bonds is 2. The summed E-state index contributed by atoms with van der Waals surface area (Å²) in [5, 5.41) is 3.85. The van der Waals surface area contributed by atoms with Gasteiger partial charge in [-0.25, -0.2) is 4.39 Å². The van der Waals surface area contributed by atoms with Crippen LogP contribution in [0.5, 0.6) is 0 Å². The van der Waals surface area contributed by atoms with E-state index >= 15 is 0 Å². The Labute approximate surface area is 156 Å². The van der Waals surface area contributed by atoms with Crippen molar-refractivity contribution in [1.29, 1.82) is 0 Å². The number of nitrogens with one attached hydrogen (secondary N) is 1. The van der Waals surface area contributed by atoms with Crippen LogP contribution in [0.3, 0.4) is 0 Å². The predicted octanol–water partition coefficient (Wildman–Crippen LogP) is 3.42. The number of benzodiazepines with no additional fused rings is 1. The van der Waals surface area contributed by atoms with Crippen molar-refractivity contribution in [3.8, 4) is 0 Å². The maximum atomic E-state index is 14.1. The van der Waals surface area contributed by atoms with Crippen LogP contribution in [0.25, 0.3) is 0 Å². The van der Waals surface area contributed by atoms with Gasteiger partial charge >= 0.3 is 0 Å². The Morgan fingerprint density at radius 1 is 1.12 bits per heavy atom. The summed E-state index contributed by atoms with van der Waals surface area (Å²) in [5.41, 5.74) is 2.60. The molecule has 2 aromatic carbocycles. The van der Waals surface area contributed by atoms with Crippen LogP contribution in [0, 0.1) is 5.82 Å². The lowest BCUT2D eigenvalue weighted by atomic mass is 9.97. The Balaban J connectivity index is 1.86. The third kappa shape index (κ3) is 3.13. The molecule has 134 valence electrons. The van der Waals surface area contributed by atoms with E-state index in [-0.39, 0.29) is 24.3 Å². The van der Waals surface area contributed by atoms with E-state index in [2.05, 4.69) is 10.3 Å². The lowest BCUT2D eigenvalue weighted by Gasteiger charge is -2.34. The molecule has 2 heterocycles. The van der Waals surface area contributed by atoms with Gasteiger partial charge in [0.05, 0.1) is 11.4 Å². The number of halogens is 2. The molecule has 1 saturated heterocycles. The molecule has 26 heavy (non-hydrogen) atoms. The third-order valence-electron chi connectivity index (χ3n) is 4.92. The molecule has 4 nitrogen and oxygen atoms in total. The molecule has 1 fully saturated rings. The molecule has 0 atom stereocenters. The van der Waals surface area contributed by atoms with Crippen LogP contribution in [0.1, 0.15) is 24.0 Å². The van der Waals surface area contributed by atoms with Crippen molar-refractivity contribution in [2.75, 3.05) is 24.5 Å². The van der Waals surface area contributed by atoms with Crippen molar-refractivity contribution in [3.05, 3.63) is 64.4 Å². The Kier molecular flexibility index (Phi) is 4.74. The van der Waals surface area contributed by atoms with Crippen LogP contribution in [0.4, 0.5) is 10.1 Å². The van der Waals surface area contributed by atoms with Crippen LogP contribution < -0.4 is 10.2 Å². The topological polar surface area (TPSA) is 44.7 Å². The van der Waals surface area contributed by atoms with E-state index in [4.69, 9.17) is 11.6 Å². The van der Waals surface area contributed by atoms with E-state index < -0.39 is 0 Å². The highest BCUT2D eigenvalue weighted by Crippen LogP contribution is 2.32. The molecule has 0 unspecified atom stereocenters. The number of hydrogen-bond donors (Lipinski definition) is 1. The predicted molar refractivity (Wildman–Crippen MR) is 102 cm³/mol. The zero-order valence-corrected chi connectivity index (χ0v) is 15.0. The first-order valence-corrected chi connectivity index (χ1v) is 9.15. The quantitative estimate of drug-likeness (QED) is 0.879. The van der Waals surface area contributed by atoms with E-state index in [0.29, 0.717) is 27.5 Å². The fourth-order valence-electron chi connectivity index (χ4n) is 3.70. The van der Waals surface area contributed by atoms with Gasteiger partial charge in [0, 0.05) is 22.2 Å². The first kappa shape index (κ1) is 17.2. The fraction of sp³-hybridized carbons (Fsp3) is 0.300. The van der Waals surface area contributed by atoms with Gasteiger partial charge in [-0.2, -0.15) is 0 Å². The second kappa shape index (κ2) is 7.17. The molecule has 0 aliphatic carbocycles.